The van der Waals surface area contributed by atoms with E-state index >= 15 is 0 Å². The minimum absolute atomic E-state index is 0.0402. The van der Waals surface area contributed by atoms with Gasteiger partial charge in [-0.1, -0.05) is 45.4 Å². The largest absolute Gasteiger partial charge is 0.497 e. The van der Waals surface area contributed by atoms with Gasteiger partial charge in [-0.05, 0) is 55.9 Å². The van der Waals surface area contributed by atoms with Gasteiger partial charge in [0.1, 0.15) is 5.75 Å². The second kappa shape index (κ2) is 10.3. The Kier molecular flexibility index (Phi) is 7.81. The number of nitrogens with one attached hydrogen (secondary N) is 1. The number of rotatable bonds is 8. The van der Waals surface area contributed by atoms with Crippen LogP contribution in [0.1, 0.15) is 59.4 Å². The maximum Gasteiger partial charge on any atom is 0.230 e. The van der Waals surface area contributed by atoms with Crippen molar-refractivity contribution in [3.63, 3.8) is 0 Å². The molecule has 3 rings (SSSR count). The van der Waals surface area contributed by atoms with Crippen molar-refractivity contribution in [2.24, 2.45) is 11.8 Å². The van der Waals surface area contributed by atoms with E-state index in [1.54, 1.807) is 7.11 Å². The second-order valence-electron chi connectivity index (χ2n) is 8.62. The van der Waals surface area contributed by atoms with Gasteiger partial charge in [-0.25, -0.2) is 0 Å². The number of amides is 1. The second-order valence-corrected chi connectivity index (χ2v) is 9.57. The van der Waals surface area contributed by atoms with Crippen LogP contribution in [0.5, 0.6) is 5.75 Å². The topological polar surface area (TPSA) is 69.0 Å². The fraction of sp³-hybridized carbons (Fsp3) is 0.609. The van der Waals surface area contributed by atoms with Crippen molar-refractivity contribution in [1.29, 1.82) is 0 Å². The summed E-state index contributed by atoms with van der Waals surface area (Å²) in [6.45, 7) is 8.58. The molecule has 0 radical (unpaired) electrons. The van der Waals surface area contributed by atoms with Crippen molar-refractivity contribution >= 4 is 17.7 Å². The van der Waals surface area contributed by atoms with Gasteiger partial charge in [-0.15, -0.1) is 10.2 Å². The molecule has 1 heterocycles. The molecule has 1 amide bonds. The Morgan fingerprint density at radius 2 is 1.90 bits per heavy atom. The minimum atomic E-state index is 0.0402. The molecular formula is C23H34N4O2S. The highest BCUT2D eigenvalue weighted by molar-refractivity contribution is 7.99. The molecule has 0 bridgehead atoms. The molecule has 1 fully saturated rings. The fourth-order valence-electron chi connectivity index (χ4n) is 3.88. The van der Waals surface area contributed by atoms with Crippen LogP contribution in [0.3, 0.4) is 0 Å². The number of carbonyl (C=O) groups is 1. The predicted molar refractivity (Wildman–Crippen MR) is 122 cm³/mol. The van der Waals surface area contributed by atoms with Crippen LogP contribution in [0.15, 0.2) is 29.4 Å². The Labute approximate surface area is 184 Å². The standard InChI is InChI=1S/C23H34N4O2S/c1-15(2)17(4)24-21(28)14-30-23-26-25-22(18-10-12-19(29-5)13-11-18)27(23)20-9-7-6-8-16(20)3/h10-13,15-17,20H,6-9,14H2,1-5H3,(H,24,28)/t16-,17+,20-/m0/s1. The molecule has 1 aliphatic rings. The molecular weight excluding hydrogens is 396 g/mol. The van der Waals surface area contributed by atoms with Crippen LogP contribution in [-0.4, -0.2) is 39.6 Å². The molecule has 0 saturated heterocycles. The van der Waals surface area contributed by atoms with Crippen LogP contribution in [0.25, 0.3) is 11.4 Å². The summed E-state index contributed by atoms with van der Waals surface area (Å²) < 4.78 is 7.57. The highest BCUT2D eigenvalue weighted by atomic mass is 32.2. The number of benzene rings is 1. The highest BCUT2D eigenvalue weighted by Crippen LogP contribution is 2.39. The SMILES string of the molecule is COc1ccc(-c2nnc(SCC(=O)N[C@H](C)C(C)C)n2[C@H]2CCCC[C@@H]2C)cc1. The van der Waals surface area contributed by atoms with E-state index in [0.29, 0.717) is 23.6 Å². The molecule has 0 aliphatic heterocycles. The minimum Gasteiger partial charge on any atom is -0.497 e. The van der Waals surface area contributed by atoms with E-state index in [2.05, 4.69) is 40.9 Å². The van der Waals surface area contributed by atoms with Gasteiger partial charge in [-0.2, -0.15) is 0 Å². The summed E-state index contributed by atoms with van der Waals surface area (Å²) >= 11 is 1.48. The first kappa shape index (κ1) is 22.7. The molecule has 3 atom stereocenters. The zero-order valence-electron chi connectivity index (χ0n) is 18.7. The summed E-state index contributed by atoms with van der Waals surface area (Å²) in [5.41, 5.74) is 1.02. The van der Waals surface area contributed by atoms with E-state index < -0.39 is 0 Å². The molecule has 30 heavy (non-hydrogen) atoms. The Balaban J connectivity index is 1.85. The summed E-state index contributed by atoms with van der Waals surface area (Å²) in [4.78, 5) is 12.4. The Bertz CT molecular complexity index is 834. The first-order chi connectivity index (χ1) is 14.4. The average molecular weight is 431 g/mol. The van der Waals surface area contributed by atoms with Gasteiger partial charge < -0.3 is 10.1 Å². The molecule has 2 aromatic rings. The van der Waals surface area contributed by atoms with E-state index in [-0.39, 0.29) is 11.9 Å². The van der Waals surface area contributed by atoms with Gasteiger partial charge in [0.2, 0.25) is 5.91 Å². The maximum absolute atomic E-state index is 12.4. The van der Waals surface area contributed by atoms with Crippen molar-refractivity contribution in [3.8, 4) is 17.1 Å². The van der Waals surface area contributed by atoms with E-state index in [4.69, 9.17) is 4.74 Å². The van der Waals surface area contributed by atoms with Crippen LogP contribution < -0.4 is 10.1 Å². The number of methoxy groups -OCH3 is 1. The zero-order valence-corrected chi connectivity index (χ0v) is 19.5. The Morgan fingerprint density at radius 1 is 1.20 bits per heavy atom. The monoisotopic (exact) mass is 430 g/mol. The number of hydrogen-bond donors (Lipinski definition) is 1. The quantitative estimate of drug-likeness (QED) is 0.600. The lowest BCUT2D eigenvalue weighted by atomic mass is 9.85. The summed E-state index contributed by atoms with van der Waals surface area (Å²) in [6.07, 6.45) is 4.81. The molecule has 0 unspecified atom stereocenters. The van der Waals surface area contributed by atoms with Gasteiger partial charge in [-0.3, -0.25) is 9.36 Å². The van der Waals surface area contributed by atoms with Gasteiger partial charge >= 0.3 is 0 Å². The van der Waals surface area contributed by atoms with E-state index in [1.807, 2.05) is 31.2 Å². The number of nitrogens with zero attached hydrogens (tertiary/aromatic N) is 3. The molecule has 1 saturated carbocycles. The summed E-state index contributed by atoms with van der Waals surface area (Å²) in [5, 5.41) is 12.9. The van der Waals surface area contributed by atoms with Crippen LogP contribution in [0.4, 0.5) is 0 Å². The molecule has 6 nitrogen and oxygen atoms in total. The number of thioether (sulfide) groups is 1. The van der Waals surface area contributed by atoms with Crippen LogP contribution in [-0.2, 0) is 4.79 Å². The lowest BCUT2D eigenvalue weighted by Gasteiger charge is -2.31. The Morgan fingerprint density at radius 3 is 2.53 bits per heavy atom. The van der Waals surface area contributed by atoms with Gasteiger partial charge in [0.25, 0.3) is 0 Å². The molecule has 1 aromatic heterocycles. The van der Waals surface area contributed by atoms with E-state index in [9.17, 15) is 4.79 Å². The van der Waals surface area contributed by atoms with Crippen molar-refractivity contribution in [1.82, 2.24) is 20.1 Å². The molecule has 1 aromatic carbocycles. The normalized spacial score (nSPS) is 20.2. The summed E-state index contributed by atoms with van der Waals surface area (Å²) in [5.74, 6) is 3.04. The maximum atomic E-state index is 12.4. The van der Waals surface area contributed by atoms with Crippen LogP contribution in [0.2, 0.25) is 0 Å². The first-order valence-corrected chi connectivity index (χ1v) is 11.9. The Hall–Kier alpha value is -2.02. The third-order valence-corrected chi connectivity index (χ3v) is 7.07. The van der Waals surface area contributed by atoms with E-state index in [1.165, 1.54) is 31.0 Å². The predicted octanol–water partition coefficient (Wildman–Crippen LogP) is 4.96. The van der Waals surface area contributed by atoms with Crippen molar-refractivity contribution < 1.29 is 9.53 Å². The van der Waals surface area contributed by atoms with Gasteiger partial charge in [0.15, 0.2) is 11.0 Å². The number of carbonyl (C=O) groups excluding carboxylic acids is 1. The van der Waals surface area contributed by atoms with Crippen LogP contribution >= 0.6 is 11.8 Å². The number of aromatic nitrogens is 3. The smallest absolute Gasteiger partial charge is 0.230 e. The molecule has 164 valence electrons. The molecule has 7 heteroatoms. The number of ether oxygens (including phenoxy) is 1. The average Bonchev–Trinajstić information content (AvgIpc) is 3.16. The highest BCUT2D eigenvalue weighted by Gasteiger charge is 2.29. The fourth-order valence-corrected chi connectivity index (χ4v) is 4.69. The third-order valence-electron chi connectivity index (χ3n) is 6.13. The van der Waals surface area contributed by atoms with Crippen molar-refractivity contribution in [3.05, 3.63) is 24.3 Å². The van der Waals surface area contributed by atoms with Gasteiger partial charge in [0.05, 0.1) is 12.9 Å². The lowest BCUT2D eigenvalue weighted by Crippen LogP contribution is -2.37. The molecule has 1 N–H and O–H groups in total. The van der Waals surface area contributed by atoms with E-state index in [0.717, 1.165) is 28.7 Å². The number of hydrogen-bond acceptors (Lipinski definition) is 5. The van der Waals surface area contributed by atoms with Crippen molar-refractivity contribution in [2.75, 3.05) is 12.9 Å². The third kappa shape index (κ3) is 5.36. The van der Waals surface area contributed by atoms with Gasteiger partial charge in [0, 0.05) is 17.6 Å². The van der Waals surface area contributed by atoms with Crippen molar-refractivity contribution in [2.45, 2.75) is 70.6 Å². The lowest BCUT2D eigenvalue weighted by molar-refractivity contribution is -0.119. The molecule has 0 spiro atoms. The van der Waals surface area contributed by atoms with Crippen LogP contribution in [0, 0.1) is 11.8 Å². The molecule has 1 aliphatic carbocycles. The summed E-state index contributed by atoms with van der Waals surface area (Å²) in [6, 6.07) is 8.46. The zero-order chi connectivity index (χ0) is 21.7. The summed E-state index contributed by atoms with van der Waals surface area (Å²) in [7, 11) is 1.67. The first-order valence-electron chi connectivity index (χ1n) is 10.9.